The molecule has 1 amide bonds. The number of benzene rings is 1. The van der Waals surface area contributed by atoms with Gasteiger partial charge < -0.3 is 10.4 Å². The summed E-state index contributed by atoms with van der Waals surface area (Å²) in [6.07, 6.45) is 1.86. The minimum absolute atomic E-state index is 0.111. The number of hydrogen-bond donors (Lipinski definition) is 2. The zero-order valence-corrected chi connectivity index (χ0v) is 17.2. The molecule has 1 unspecified atom stereocenters. The Hall–Kier alpha value is -3.53. The smallest absolute Gasteiger partial charge is 0.296 e. The highest BCUT2D eigenvalue weighted by Gasteiger charge is 2.30. The summed E-state index contributed by atoms with van der Waals surface area (Å²) in [6.45, 7) is 3.52. The Morgan fingerprint density at radius 1 is 1.26 bits per heavy atom. The summed E-state index contributed by atoms with van der Waals surface area (Å²) in [5.41, 5.74) is 0.617. The Bertz CT molecular complexity index is 1170. The van der Waals surface area contributed by atoms with Gasteiger partial charge in [0.05, 0.1) is 11.7 Å². The molecule has 9 nitrogen and oxygen atoms in total. The lowest BCUT2D eigenvalue weighted by atomic mass is 10.1. The lowest BCUT2D eigenvalue weighted by Crippen LogP contribution is -2.43. The first-order valence-electron chi connectivity index (χ1n) is 9.92. The van der Waals surface area contributed by atoms with Gasteiger partial charge >= 0.3 is 0 Å². The van der Waals surface area contributed by atoms with Crippen molar-refractivity contribution in [1.29, 1.82) is 0 Å². The summed E-state index contributed by atoms with van der Waals surface area (Å²) in [7, 11) is 1.85. The highest BCUT2D eigenvalue weighted by atomic mass is 19.1. The topological polar surface area (TPSA) is 105 Å². The fourth-order valence-electron chi connectivity index (χ4n) is 3.68. The molecule has 3 aromatic rings. The molecule has 1 atom stereocenters. The van der Waals surface area contributed by atoms with E-state index in [9.17, 15) is 19.1 Å². The van der Waals surface area contributed by atoms with Gasteiger partial charge in [0.15, 0.2) is 5.69 Å². The van der Waals surface area contributed by atoms with Crippen LogP contribution in [0.25, 0.3) is 0 Å². The number of rotatable bonds is 5. The molecule has 162 valence electrons. The van der Waals surface area contributed by atoms with Gasteiger partial charge in [0, 0.05) is 39.4 Å². The SMILES string of the molecule is CC1c2nc(C(=O)NCc3ccc(F)cc3)c(O)c(=O)n2CCN1Cc1ccn(C)n1. The predicted octanol–water partition coefficient (Wildman–Crippen LogP) is 1.33. The maximum atomic E-state index is 13.0. The lowest BCUT2D eigenvalue weighted by molar-refractivity contribution is 0.0937. The van der Waals surface area contributed by atoms with E-state index in [0.717, 1.165) is 5.69 Å². The number of nitrogens with zero attached hydrogens (tertiary/aromatic N) is 5. The van der Waals surface area contributed by atoms with Gasteiger partial charge in [0.25, 0.3) is 11.5 Å². The number of nitrogens with one attached hydrogen (secondary N) is 1. The van der Waals surface area contributed by atoms with Crippen LogP contribution < -0.4 is 10.9 Å². The van der Waals surface area contributed by atoms with E-state index in [4.69, 9.17) is 0 Å². The lowest BCUT2D eigenvalue weighted by Gasteiger charge is -2.34. The van der Waals surface area contributed by atoms with E-state index in [1.165, 1.54) is 16.7 Å². The van der Waals surface area contributed by atoms with Crippen LogP contribution >= 0.6 is 0 Å². The van der Waals surface area contributed by atoms with Gasteiger partial charge in [-0.2, -0.15) is 5.10 Å². The summed E-state index contributed by atoms with van der Waals surface area (Å²) >= 11 is 0. The Labute approximate surface area is 177 Å². The van der Waals surface area contributed by atoms with Crippen molar-refractivity contribution in [3.8, 4) is 5.75 Å². The van der Waals surface area contributed by atoms with Gasteiger partial charge in [-0.05, 0) is 30.7 Å². The van der Waals surface area contributed by atoms with Crippen LogP contribution in [0.3, 0.4) is 0 Å². The third-order valence-electron chi connectivity index (χ3n) is 5.42. The minimum Gasteiger partial charge on any atom is -0.501 e. The maximum Gasteiger partial charge on any atom is 0.296 e. The van der Waals surface area contributed by atoms with Crippen LogP contribution in [0.2, 0.25) is 0 Å². The van der Waals surface area contributed by atoms with Gasteiger partial charge in [0.2, 0.25) is 5.75 Å². The molecule has 2 N–H and O–H groups in total. The molecule has 0 spiro atoms. The minimum atomic E-state index is -0.675. The molecule has 31 heavy (non-hydrogen) atoms. The van der Waals surface area contributed by atoms with Crippen molar-refractivity contribution >= 4 is 5.91 Å². The summed E-state index contributed by atoms with van der Waals surface area (Å²) in [6, 6.07) is 7.34. The van der Waals surface area contributed by atoms with Gasteiger partial charge in [-0.15, -0.1) is 0 Å². The monoisotopic (exact) mass is 426 g/mol. The van der Waals surface area contributed by atoms with E-state index >= 15 is 0 Å². The summed E-state index contributed by atoms with van der Waals surface area (Å²) in [4.78, 5) is 31.8. The average molecular weight is 426 g/mol. The van der Waals surface area contributed by atoms with Gasteiger partial charge in [0.1, 0.15) is 11.6 Å². The van der Waals surface area contributed by atoms with Crippen LogP contribution in [-0.2, 0) is 26.7 Å². The number of aryl methyl sites for hydroxylation is 1. The molecule has 1 aliphatic rings. The van der Waals surface area contributed by atoms with Crippen molar-refractivity contribution in [2.45, 2.75) is 32.6 Å². The summed E-state index contributed by atoms with van der Waals surface area (Å²) in [5.74, 6) is -1.31. The number of carbonyl (C=O) groups excluding carboxylic acids is 1. The van der Waals surface area contributed by atoms with Crippen LogP contribution in [0.15, 0.2) is 41.3 Å². The van der Waals surface area contributed by atoms with E-state index in [2.05, 4.69) is 20.3 Å². The van der Waals surface area contributed by atoms with Crippen molar-refractivity contribution in [3.63, 3.8) is 0 Å². The quantitative estimate of drug-likeness (QED) is 0.638. The third-order valence-corrected chi connectivity index (χ3v) is 5.42. The molecule has 0 aliphatic carbocycles. The number of aromatic nitrogens is 4. The molecular formula is C21H23FN6O3. The molecule has 0 saturated carbocycles. The summed E-state index contributed by atoms with van der Waals surface area (Å²) < 4.78 is 16.2. The second-order valence-corrected chi connectivity index (χ2v) is 7.56. The zero-order chi connectivity index (χ0) is 22.1. The van der Waals surface area contributed by atoms with E-state index in [1.54, 1.807) is 16.8 Å². The molecule has 1 aromatic carbocycles. The van der Waals surface area contributed by atoms with Crippen LogP contribution in [0.5, 0.6) is 5.75 Å². The van der Waals surface area contributed by atoms with Crippen molar-refractivity contribution in [2.24, 2.45) is 7.05 Å². The molecule has 3 heterocycles. The van der Waals surface area contributed by atoms with Gasteiger partial charge in [-0.3, -0.25) is 23.7 Å². The van der Waals surface area contributed by atoms with Gasteiger partial charge in [-0.1, -0.05) is 12.1 Å². The maximum absolute atomic E-state index is 13.0. The van der Waals surface area contributed by atoms with E-state index < -0.39 is 17.2 Å². The highest BCUT2D eigenvalue weighted by molar-refractivity contribution is 5.94. The first-order chi connectivity index (χ1) is 14.8. The van der Waals surface area contributed by atoms with E-state index in [1.807, 2.05) is 26.2 Å². The number of amides is 1. The Morgan fingerprint density at radius 2 is 2.00 bits per heavy atom. The molecule has 2 aromatic heterocycles. The number of fused-ring (bicyclic) bond motifs is 1. The van der Waals surface area contributed by atoms with Crippen LogP contribution in [-0.4, -0.2) is 41.8 Å². The predicted molar refractivity (Wildman–Crippen MR) is 110 cm³/mol. The standard InChI is InChI=1S/C21H23FN6O3/c1-13-19-24-17(20(30)23-11-14-3-5-15(22)6-4-14)18(29)21(31)28(19)10-9-27(13)12-16-7-8-26(2)25-16/h3-8,13,29H,9-12H2,1-2H3,(H,23,30). The first-order valence-corrected chi connectivity index (χ1v) is 9.92. The van der Waals surface area contributed by atoms with Crippen LogP contribution in [0.1, 0.15) is 40.5 Å². The number of carbonyl (C=O) groups is 1. The van der Waals surface area contributed by atoms with E-state index in [0.29, 0.717) is 31.0 Å². The number of halogens is 1. The normalized spacial score (nSPS) is 16.2. The number of aromatic hydroxyl groups is 1. The molecule has 0 saturated heterocycles. The second-order valence-electron chi connectivity index (χ2n) is 7.56. The molecule has 0 radical (unpaired) electrons. The van der Waals surface area contributed by atoms with Crippen molar-refractivity contribution in [1.82, 2.24) is 29.5 Å². The fourth-order valence-corrected chi connectivity index (χ4v) is 3.68. The number of hydrogen-bond acceptors (Lipinski definition) is 6. The molecule has 10 heteroatoms. The first kappa shape index (κ1) is 20.7. The van der Waals surface area contributed by atoms with Crippen LogP contribution in [0.4, 0.5) is 4.39 Å². The Morgan fingerprint density at radius 3 is 2.68 bits per heavy atom. The highest BCUT2D eigenvalue weighted by Crippen LogP contribution is 2.25. The Kier molecular flexibility index (Phi) is 5.55. The molecule has 0 fully saturated rings. The largest absolute Gasteiger partial charge is 0.501 e. The summed E-state index contributed by atoms with van der Waals surface area (Å²) in [5, 5.41) is 17.3. The van der Waals surface area contributed by atoms with Crippen molar-refractivity contribution < 1.29 is 14.3 Å². The van der Waals surface area contributed by atoms with E-state index in [-0.39, 0.29) is 24.1 Å². The van der Waals surface area contributed by atoms with Gasteiger partial charge in [-0.25, -0.2) is 9.37 Å². The van der Waals surface area contributed by atoms with Crippen molar-refractivity contribution in [2.75, 3.05) is 6.54 Å². The fraction of sp³-hybridized carbons (Fsp3) is 0.333. The molecule has 1 aliphatic heterocycles. The molecule has 4 rings (SSSR count). The van der Waals surface area contributed by atoms with Crippen LogP contribution in [0, 0.1) is 5.82 Å². The van der Waals surface area contributed by atoms with Crippen molar-refractivity contribution in [3.05, 3.63) is 75.5 Å². The zero-order valence-electron chi connectivity index (χ0n) is 17.2. The average Bonchev–Trinajstić information content (AvgIpc) is 3.16. The Balaban J connectivity index is 1.56. The molecular weight excluding hydrogens is 403 g/mol. The second kappa shape index (κ2) is 8.31. The molecule has 0 bridgehead atoms. The third kappa shape index (κ3) is 4.19.